The quantitative estimate of drug-likeness (QED) is 0.922. The Kier molecular flexibility index (Phi) is 5.24. The number of likely N-dealkylation sites (tertiary alicyclic amines) is 1. The molecule has 0 bridgehead atoms. The standard InChI is InChI=1S/C15H25N3O2S/c1-17(2)21(19,20)15-8-6-14(7-9-15)16-13-5-4-11-18(3)12-10-13/h6-9,13,16H,4-5,10-12H2,1-3H3. The van der Waals surface area contributed by atoms with Gasteiger partial charge >= 0.3 is 0 Å². The zero-order chi connectivity index (χ0) is 15.5. The molecule has 1 fully saturated rings. The number of sulfonamides is 1. The molecule has 0 spiro atoms. The van der Waals surface area contributed by atoms with Gasteiger partial charge in [0.05, 0.1) is 4.90 Å². The Labute approximate surface area is 128 Å². The molecule has 1 aliphatic rings. The lowest BCUT2D eigenvalue weighted by atomic mass is 10.1. The summed E-state index contributed by atoms with van der Waals surface area (Å²) in [5.41, 5.74) is 0.988. The van der Waals surface area contributed by atoms with Crippen molar-refractivity contribution in [3.05, 3.63) is 24.3 Å². The van der Waals surface area contributed by atoms with Crippen LogP contribution in [0, 0.1) is 0 Å². The number of nitrogens with zero attached hydrogens (tertiary/aromatic N) is 2. The molecular formula is C15H25N3O2S. The normalized spacial score (nSPS) is 21.2. The highest BCUT2D eigenvalue weighted by Gasteiger charge is 2.18. The van der Waals surface area contributed by atoms with Crippen molar-refractivity contribution in [2.45, 2.75) is 30.2 Å². The predicted molar refractivity (Wildman–Crippen MR) is 86.1 cm³/mol. The second-order valence-electron chi connectivity index (χ2n) is 5.89. The Balaban J connectivity index is 2.03. The first-order valence-electron chi connectivity index (χ1n) is 7.37. The molecule has 0 amide bonds. The monoisotopic (exact) mass is 311 g/mol. The van der Waals surface area contributed by atoms with Gasteiger partial charge < -0.3 is 10.2 Å². The Morgan fingerprint density at radius 1 is 1.14 bits per heavy atom. The van der Waals surface area contributed by atoms with E-state index in [9.17, 15) is 8.42 Å². The molecule has 2 rings (SSSR count). The third kappa shape index (κ3) is 4.18. The molecule has 21 heavy (non-hydrogen) atoms. The minimum Gasteiger partial charge on any atom is -0.382 e. The third-order valence-corrected chi connectivity index (χ3v) is 5.78. The van der Waals surface area contributed by atoms with Crippen molar-refractivity contribution in [3.63, 3.8) is 0 Å². The van der Waals surface area contributed by atoms with Crippen molar-refractivity contribution in [1.82, 2.24) is 9.21 Å². The Hall–Kier alpha value is -1.11. The van der Waals surface area contributed by atoms with Crippen LogP contribution >= 0.6 is 0 Å². The highest BCUT2D eigenvalue weighted by Crippen LogP contribution is 2.19. The van der Waals surface area contributed by atoms with Gasteiger partial charge in [-0.2, -0.15) is 0 Å². The fourth-order valence-corrected chi connectivity index (χ4v) is 3.46. The van der Waals surface area contributed by atoms with Gasteiger partial charge in [0.15, 0.2) is 0 Å². The smallest absolute Gasteiger partial charge is 0.242 e. The number of hydrogen-bond donors (Lipinski definition) is 1. The summed E-state index contributed by atoms with van der Waals surface area (Å²) in [6, 6.07) is 7.50. The van der Waals surface area contributed by atoms with E-state index < -0.39 is 10.0 Å². The average Bonchev–Trinajstić information content (AvgIpc) is 2.64. The van der Waals surface area contributed by atoms with E-state index in [-0.39, 0.29) is 0 Å². The molecule has 118 valence electrons. The summed E-state index contributed by atoms with van der Waals surface area (Å²) in [4.78, 5) is 2.69. The van der Waals surface area contributed by atoms with E-state index in [1.165, 1.54) is 10.7 Å². The number of anilines is 1. The van der Waals surface area contributed by atoms with E-state index >= 15 is 0 Å². The van der Waals surface area contributed by atoms with Crippen LogP contribution in [-0.2, 0) is 10.0 Å². The maximum atomic E-state index is 12.0. The lowest BCUT2D eigenvalue weighted by Gasteiger charge is -2.18. The van der Waals surface area contributed by atoms with Crippen LogP contribution in [0.1, 0.15) is 19.3 Å². The van der Waals surface area contributed by atoms with E-state index in [0.29, 0.717) is 10.9 Å². The first kappa shape index (κ1) is 16.3. The predicted octanol–water partition coefficient (Wildman–Crippen LogP) is 1.83. The fourth-order valence-electron chi connectivity index (χ4n) is 2.55. The Morgan fingerprint density at radius 2 is 1.81 bits per heavy atom. The van der Waals surface area contributed by atoms with Crippen LogP contribution in [0.2, 0.25) is 0 Å². The summed E-state index contributed by atoms with van der Waals surface area (Å²) in [6.45, 7) is 2.25. The molecule has 5 nitrogen and oxygen atoms in total. The summed E-state index contributed by atoms with van der Waals surface area (Å²) in [6.07, 6.45) is 3.47. The van der Waals surface area contributed by atoms with Gasteiger partial charge in [-0.1, -0.05) is 0 Å². The number of nitrogens with one attached hydrogen (secondary N) is 1. The van der Waals surface area contributed by atoms with Gasteiger partial charge in [-0.05, 0) is 63.7 Å². The average molecular weight is 311 g/mol. The van der Waals surface area contributed by atoms with Crippen LogP contribution in [0.15, 0.2) is 29.2 Å². The van der Waals surface area contributed by atoms with Crippen molar-refractivity contribution in [1.29, 1.82) is 0 Å². The highest BCUT2D eigenvalue weighted by atomic mass is 32.2. The fraction of sp³-hybridized carbons (Fsp3) is 0.600. The lowest BCUT2D eigenvalue weighted by Crippen LogP contribution is -2.23. The van der Waals surface area contributed by atoms with E-state index in [1.54, 1.807) is 26.2 Å². The third-order valence-electron chi connectivity index (χ3n) is 3.96. The largest absolute Gasteiger partial charge is 0.382 e. The zero-order valence-electron chi connectivity index (χ0n) is 13.0. The molecule has 0 aliphatic carbocycles. The Bertz CT molecular complexity index is 555. The molecule has 1 N–H and O–H groups in total. The molecule has 1 aromatic rings. The maximum absolute atomic E-state index is 12.0. The molecule has 1 aromatic carbocycles. The number of rotatable bonds is 4. The molecular weight excluding hydrogens is 286 g/mol. The van der Waals surface area contributed by atoms with E-state index in [4.69, 9.17) is 0 Å². The summed E-state index contributed by atoms with van der Waals surface area (Å²) in [5.74, 6) is 0. The van der Waals surface area contributed by atoms with Crippen LogP contribution in [0.25, 0.3) is 0 Å². The molecule has 1 heterocycles. The van der Waals surface area contributed by atoms with E-state index in [1.807, 2.05) is 12.1 Å². The molecule has 1 saturated heterocycles. The van der Waals surface area contributed by atoms with Gasteiger partial charge in [-0.25, -0.2) is 12.7 Å². The summed E-state index contributed by atoms with van der Waals surface area (Å²) in [7, 11) is 1.91. The molecule has 1 atom stereocenters. The summed E-state index contributed by atoms with van der Waals surface area (Å²) >= 11 is 0. The van der Waals surface area contributed by atoms with Crippen LogP contribution in [-0.4, -0.2) is 57.9 Å². The van der Waals surface area contributed by atoms with Crippen LogP contribution in [0.4, 0.5) is 5.69 Å². The minimum absolute atomic E-state index is 0.332. The molecule has 6 heteroatoms. The highest BCUT2D eigenvalue weighted by molar-refractivity contribution is 7.89. The first-order chi connectivity index (χ1) is 9.89. The van der Waals surface area contributed by atoms with Gasteiger partial charge in [0.2, 0.25) is 10.0 Å². The maximum Gasteiger partial charge on any atom is 0.242 e. The molecule has 1 aliphatic heterocycles. The molecule has 1 unspecified atom stereocenters. The van der Waals surface area contributed by atoms with Gasteiger partial charge in [-0.15, -0.1) is 0 Å². The molecule has 0 aromatic heterocycles. The Morgan fingerprint density at radius 3 is 2.43 bits per heavy atom. The summed E-state index contributed by atoms with van der Waals surface area (Å²) < 4.78 is 25.3. The van der Waals surface area contributed by atoms with Crippen molar-refractivity contribution >= 4 is 15.7 Å². The molecule has 0 saturated carbocycles. The van der Waals surface area contributed by atoms with Crippen molar-refractivity contribution in [2.24, 2.45) is 0 Å². The molecule has 0 radical (unpaired) electrons. The lowest BCUT2D eigenvalue weighted by molar-refractivity contribution is 0.348. The van der Waals surface area contributed by atoms with E-state index in [0.717, 1.165) is 31.6 Å². The summed E-state index contributed by atoms with van der Waals surface area (Å²) in [5, 5.41) is 3.51. The zero-order valence-corrected chi connectivity index (χ0v) is 13.9. The topological polar surface area (TPSA) is 52.7 Å². The second-order valence-corrected chi connectivity index (χ2v) is 8.04. The van der Waals surface area contributed by atoms with Crippen molar-refractivity contribution in [2.75, 3.05) is 39.5 Å². The number of benzene rings is 1. The van der Waals surface area contributed by atoms with Crippen molar-refractivity contribution < 1.29 is 8.42 Å². The SMILES string of the molecule is CN1CCCC(Nc2ccc(S(=O)(=O)N(C)C)cc2)CC1. The second kappa shape index (κ2) is 6.77. The van der Waals surface area contributed by atoms with Gasteiger partial charge in [0, 0.05) is 25.8 Å². The minimum atomic E-state index is -3.34. The van der Waals surface area contributed by atoms with Crippen LogP contribution in [0.3, 0.4) is 0 Å². The number of hydrogen-bond acceptors (Lipinski definition) is 4. The van der Waals surface area contributed by atoms with Gasteiger partial charge in [0.25, 0.3) is 0 Å². The van der Waals surface area contributed by atoms with Crippen LogP contribution < -0.4 is 5.32 Å². The first-order valence-corrected chi connectivity index (χ1v) is 8.81. The van der Waals surface area contributed by atoms with Gasteiger partial charge in [0.1, 0.15) is 0 Å². The van der Waals surface area contributed by atoms with Gasteiger partial charge in [-0.3, -0.25) is 0 Å². The van der Waals surface area contributed by atoms with E-state index in [2.05, 4.69) is 17.3 Å². The van der Waals surface area contributed by atoms with Crippen LogP contribution in [0.5, 0.6) is 0 Å². The van der Waals surface area contributed by atoms with Crippen molar-refractivity contribution in [3.8, 4) is 0 Å².